The highest BCUT2D eigenvalue weighted by Gasteiger charge is 2.56. The lowest BCUT2D eigenvalue weighted by molar-refractivity contribution is 0.0223. The number of ether oxygens (including phenoxy) is 1. The van der Waals surface area contributed by atoms with Gasteiger partial charge in [0.1, 0.15) is 0 Å². The van der Waals surface area contributed by atoms with Gasteiger partial charge in [0.05, 0.1) is 12.2 Å². The summed E-state index contributed by atoms with van der Waals surface area (Å²) in [5, 5.41) is 8.96. The third-order valence-electron chi connectivity index (χ3n) is 4.89. The molecule has 0 radical (unpaired) electrons. The number of nitrogens with zero attached hydrogens (tertiary/aromatic N) is 1. The molecule has 0 aromatic carbocycles. The highest BCUT2D eigenvalue weighted by molar-refractivity contribution is 5.08. The molecular formula is C12H17NO. The van der Waals surface area contributed by atoms with E-state index in [1.54, 1.807) is 0 Å². The Kier molecular flexibility index (Phi) is 1.85. The minimum atomic E-state index is 0.353. The minimum Gasteiger partial charge on any atom is -0.381 e. The average Bonchev–Trinajstić information content (AvgIpc) is 2.87. The first-order valence-electron chi connectivity index (χ1n) is 5.76. The van der Waals surface area contributed by atoms with E-state index in [9.17, 15) is 0 Å². The summed E-state index contributed by atoms with van der Waals surface area (Å²) in [6.45, 7) is 0. The lowest BCUT2D eigenvalue weighted by Gasteiger charge is -2.30. The number of hydrogen-bond acceptors (Lipinski definition) is 2. The molecule has 0 spiro atoms. The first-order chi connectivity index (χ1) is 6.83. The molecule has 2 bridgehead atoms. The maximum atomic E-state index is 8.96. The van der Waals surface area contributed by atoms with Gasteiger partial charge in [-0.05, 0) is 49.4 Å². The summed E-state index contributed by atoms with van der Waals surface area (Å²) in [5.74, 6) is 3.71. The van der Waals surface area contributed by atoms with E-state index in [0.29, 0.717) is 12.0 Å². The summed E-state index contributed by atoms with van der Waals surface area (Å²) in [5.41, 5.74) is 0. The minimum absolute atomic E-state index is 0.353. The van der Waals surface area contributed by atoms with Crippen LogP contribution in [0.5, 0.6) is 0 Å². The molecule has 2 nitrogen and oxygen atoms in total. The third kappa shape index (κ3) is 0.995. The zero-order chi connectivity index (χ0) is 9.71. The molecule has 2 heteroatoms. The fourth-order valence-corrected chi connectivity index (χ4v) is 4.38. The van der Waals surface area contributed by atoms with E-state index in [4.69, 9.17) is 10.00 Å². The Hall–Kier alpha value is -0.550. The zero-order valence-corrected chi connectivity index (χ0v) is 8.65. The summed E-state index contributed by atoms with van der Waals surface area (Å²) in [4.78, 5) is 0. The van der Waals surface area contributed by atoms with Gasteiger partial charge in [0.15, 0.2) is 0 Å². The van der Waals surface area contributed by atoms with Gasteiger partial charge < -0.3 is 4.74 Å². The first-order valence-corrected chi connectivity index (χ1v) is 5.76. The highest BCUT2D eigenvalue weighted by Crippen LogP contribution is 2.60. The second kappa shape index (κ2) is 2.97. The van der Waals surface area contributed by atoms with E-state index in [2.05, 4.69) is 6.07 Å². The molecule has 0 aromatic heterocycles. The van der Waals surface area contributed by atoms with Crippen molar-refractivity contribution in [3.8, 4) is 6.07 Å². The van der Waals surface area contributed by atoms with Gasteiger partial charge in [-0.2, -0.15) is 5.26 Å². The molecule has 3 rings (SSSR count). The van der Waals surface area contributed by atoms with Crippen molar-refractivity contribution in [3.63, 3.8) is 0 Å². The standard InChI is InChI=1S/C12H17NO/c1-14-12-5-8-4-11(12)10-3-7(6-13)2-9(8)10/h7-12H,2-5H2,1H3. The van der Waals surface area contributed by atoms with Crippen molar-refractivity contribution in [2.45, 2.75) is 31.8 Å². The summed E-state index contributed by atoms with van der Waals surface area (Å²) < 4.78 is 5.54. The maximum Gasteiger partial charge on any atom is 0.0656 e. The van der Waals surface area contributed by atoms with Crippen LogP contribution in [0.25, 0.3) is 0 Å². The molecule has 0 aromatic rings. The summed E-state index contributed by atoms with van der Waals surface area (Å²) in [6, 6.07) is 2.45. The fraction of sp³-hybridized carbons (Fsp3) is 0.917. The second-order valence-corrected chi connectivity index (χ2v) is 5.29. The topological polar surface area (TPSA) is 33.0 Å². The van der Waals surface area contributed by atoms with Crippen LogP contribution >= 0.6 is 0 Å². The largest absolute Gasteiger partial charge is 0.381 e. The molecule has 14 heavy (non-hydrogen) atoms. The van der Waals surface area contributed by atoms with Crippen molar-refractivity contribution in [3.05, 3.63) is 0 Å². The maximum absolute atomic E-state index is 8.96. The van der Waals surface area contributed by atoms with Gasteiger partial charge in [0.2, 0.25) is 0 Å². The summed E-state index contributed by atoms with van der Waals surface area (Å²) in [7, 11) is 1.84. The van der Waals surface area contributed by atoms with Gasteiger partial charge in [-0.15, -0.1) is 0 Å². The Morgan fingerprint density at radius 2 is 1.86 bits per heavy atom. The molecule has 0 aliphatic heterocycles. The van der Waals surface area contributed by atoms with Crippen molar-refractivity contribution >= 4 is 0 Å². The number of hydrogen-bond donors (Lipinski definition) is 0. The van der Waals surface area contributed by atoms with E-state index in [0.717, 1.165) is 30.1 Å². The second-order valence-electron chi connectivity index (χ2n) is 5.29. The van der Waals surface area contributed by atoms with Crippen molar-refractivity contribution in [1.29, 1.82) is 5.26 Å². The van der Waals surface area contributed by atoms with Gasteiger partial charge in [-0.25, -0.2) is 0 Å². The molecule has 0 heterocycles. The molecule has 76 valence electrons. The van der Waals surface area contributed by atoms with Gasteiger partial charge in [-0.1, -0.05) is 0 Å². The molecule has 3 aliphatic carbocycles. The Bertz CT molecular complexity index is 281. The Balaban J connectivity index is 1.79. The third-order valence-corrected chi connectivity index (χ3v) is 4.89. The van der Waals surface area contributed by atoms with Gasteiger partial charge in [-0.3, -0.25) is 0 Å². The number of methoxy groups -OCH3 is 1. The van der Waals surface area contributed by atoms with Crippen LogP contribution in [0.3, 0.4) is 0 Å². The van der Waals surface area contributed by atoms with Crippen molar-refractivity contribution < 1.29 is 4.74 Å². The molecule has 3 aliphatic rings. The number of fused-ring (bicyclic) bond motifs is 5. The predicted octanol–water partition coefficient (Wildman–Crippen LogP) is 2.21. The molecular weight excluding hydrogens is 174 g/mol. The van der Waals surface area contributed by atoms with E-state index in [-0.39, 0.29) is 0 Å². The lowest BCUT2D eigenvalue weighted by Crippen LogP contribution is -2.29. The molecule has 0 saturated heterocycles. The summed E-state index contributed by atoms with van der Waals surface area (Å²) in [6.07, 6.45) is 5.49. The van der Waals surface area contributed by atoms with Crippen LogP contribution in [-0.2, 0) is 4.74 Å². The fourth-order valence-electron chi connectivity index (χ4n) is 4.38. The molecule has 0 N–H and O–H groups in total. The Labute approximate surface area is 85.2 Å². The number of nitriles is 1. The van der Waals surface area contributed by atoms with E-state index < -0.39 is 0 Å². The molecule has 3 fully saturated rings. The number of rotatable bonds is 1. The smallest absolute Gasteiger partial charge is 0.0656 e. The van der Waals surface area contributed by atoms with Crippen LogP contribution < -0.4 is 0 Å². The van der Waals surface area contributed by atoms with E-state index in [1.807, 2.05) is 7.11 Å². The van der Waals surface area contributed by atoms with Crippen LogP contribution in [0.15, 0.2) is 0 Å². The normalized spacial score (nSPS) is 54.6. The molecule has 6 atom stereocenters. The Morgan fingerprint density at radius 3 is 2.57 bits per heavy atom. The van der Waals surface area contributed by atoms with Crippen LogP contribution in [0.1, 0.15) is 25.7 Å². The average molecular weight is 191 g/mol. The Morgan fingerprint density at radius 1 is 1.07 bits per heavy atom. The van der Waals surface area contributed by atoms with E-state index in [1.165, 1.54) is 19.3 Å². The molecule has 3 saturated carbocycles. The zero-order valence-electron chi connectivity index (χ0n) is 8.65. The quantitative estimate of drug-likeness (QED) is 0.636. The van der Waals surface area contributed by atoms with Crippen molar-refractivity contribution in [2.24, 2.45) is 29.6 Å². The SMILES string of the molecule is COC1CC2CC1C1CC(C#N)CC21. The van der Waals surface area contributed by atoms with Crippen LogP contribution in [0.2, 0.25) is 0 Å². The van der Waals surface area contributed by atoms with Crippen LogP contribution in [0, 0.1) is 40.9 Å². The highest BCUT2D eigenvalue weighted by atomic mass is 16.5. The van der Waals surface area contributed by atoms with Gasteiger partial charge in [0, 0.05) is 13.0 Å². The van der Waals surface area contributed by atoms with Crippen molar-refractivity contribution in [1.82, 2.24) is 0 Å². The first kappa shape index (κ1) is 8.73. The molecule has 0 amide bonds. The van der Waals surface area contributed by atoms with Gasteiger partial charge in [0.25, 0.3) is 0 Å². The van der Waals surface area contributed by atoms with Crippen molar-refractivity contribution in [2.75, 3.05) is 7.11 Å². The van der Waals surface area contributed by atoms with Crippen LogP contribution in [0.4, 0.5) is 0 Å². The van der Waals surface area contributed by atoms with E-state index >= 15 is 0 Å². The monoisotopic (exact) mass is 191 g/mol. The van der Waals surface area contributed by atoms with Gasteiger partial charge >= 0.3 is 0 Å². The summed E-state index contributed by atoms with van der Waals surface area (Å²) >= 11 is 0. The lowest BCUT2D eigenvalue weighted by atomic mass is 9.80. The van der Waals surface area contributed by atoms with Crippen LogP contribution in [-0.4, -0.2) is 13.2 Å². The molecule has 6 unspecified atom stereocenters. The predicted molar refractivity (Wildman–Crippen MR) is 52.3 cm³/mol.